The van der Waals surface area contributed by atoms with E-state index in [4.69, 9.17) is 9.47 Å². The molecule has 1 spiro atoms. The number of ether oxygens (including phenoxy) is 2. The van der Waals surface area contributed by atoms with Gasteiger partial charge < -0.3 is 9.47 Å². The lowest BCUT2D eigenvalue weighted by Gasteiger charge is -2.58. The van der Waals surface area contributed by atoms with Gasteiger partial charge in [0, 0.05) is 11.8 Å². The summed E-state index contributed by atoms with van der Waals surface area (Å²) in [5, 5.41) is 0. The second-order valence-corrected chi connectivity index (χ2v) is 8.92. The molecule has 2 aromatic carbocycles. The number of hydrogen-bond donors (Lipinski definition) is 0. The standard InChI is InChI=1S/C24H26O2/c1-3-7-18(8-4-1)22-23(19-9-5-2-6-10-19)26-24(25-22)20-12-16-11-17(14-20)15-21(24)13-16/h1-10,16-17,20-23H,11-15H2/t16?,17?,20?,21?,22-,23-/m1/s1. The third-order valence-electron chi connectivity index (χ3n) is 7.43. The molecule has 2 heteroatoms. The molecular formula is C24H26O2. The molecule has 5 aliphatic rings. The maximum atomic E-state index is 6.96. The number of benzene rings is 2. The van der Waals surface area contributed by atoms with E-state index in [1.54, 1.807) is 0 Å². The molecule has 2 nitrogen and oxygen atoms in total. The van der Waals surface area contributed by atoms with E-state index >= 15 is 0 Å². The van der Waals surface area contributed by atoms with Gasteiger partial charge in [-0.3, -0.25) is 0 Å². The van der Waals surface area contributed by atoms with Gasteiger partial charge >= 0.3 is 0 Å². The summed E-state index contributed by atoms with van der Waals surface area (Å²) in [6.45, 7) is 0. The molecule has 1 saturated heterocycles. The molecule has 1 aliphatic heterocycles. The average molecular weight is 346 g/mol. The van der Waals surface area contributed by atoms with Crippen LogP contribution in [-0.2, 0) is 9.47 Å². The largest absolute Gasteiger partial charge is 0.338 e. The summed E-state index contributed by atoms with van der Waals surface area (Å²) in [7, 11) is 0. The van der Waals surface area contributed by atoms with Crippen molar-refractivity contribution in [3.05, 3.63) is 71.8 Å². The van der Waals surface area contributed by atoms with Gasteiger partial charge in [0.05, 0.1) is 0 Å². The predicted molar refractivity (Wildman–Crippen MR) is 100 cm³/mol. The molecule has 4 saturated carbocycles. The van der Waals surface area contributed by atoms with Gasteiger partial charge in [-0.1, -0.05) is 60.7 Å². The minimum atomic E-state index is -0.353. The molecule has 2 atom stereocenters. The van der Waals surface area contributed by atoms with Crippen LogP contribution in [0.4, 0.5) is 0 Å². The minimum absolute atomic E-state index is 0.00359. The number of hydrogen-bond acceptors (Lipinski definition) is 2. The van der Waals surface area contributed by atoms with Crippen LogP contribution >= 0.6 is 0 Å². The van der Waals surface area contributed by atoms with Crippen LogP contribution < -0.4 is 0 Å². The first-order chi connectivity index (χ1) is 12.8. The van der Waals surface area contributed by atoms with E-state index in [0.29, 0.717) is 11.8 Å². The van der Waals surface area contributed by atoms with Crippen molar-refractivity contribution in [1.29, 1.82) is 0 Å². The molecule has 4 bridgehead atoms. The van der Waals surface area contributed by atoms with Crippen LogP contribution in [0.1, 0.15) is 55.4 Å². The summed E-state index contributed by atoms with van der Waals surface area (Å²) in [4.78, 5) is 0. The molecule has 0 radical (unpaired) electrons. The molecule has 4 aliphatic carbocycles. The lowest BCUT2D eigenvalue weighted by atomic mass is 9.53. The topological polar surface area (TPSA) is 18.5 Å². The molecule has 0 N–H and O–H groups in total. The maximum Gasteiger partial charge on any atom is 0.175 e. The van der Waals surface area contributed by atoms with Crippen molar-refractivity contribution in [3.8, 4) is 0 Å². The van der Waals surface area contributed by atoms with Crippen LogP contribution in [0.15, 0.2) is 60.7 Å². The first-order valence-electron chi connectivity index (χ1n) is 10.3. The Labute approximate surface area is 155 Å². The Morgan fingerprint density at radius 2 is 1.00 bits per heavy atom. The van der Waals surface area contributed by atoms with E-state index < -0.39 is 0 Å². The van der Waals surface area contributed by atoms with Gasteiger partial charge in [0.2, 0.25) is 0 Å². The van der Waals surface area contributed by atoms with Crippen molar-refractivity contribution in [1.82, 2.24) is 0 Å². The normalized spacial score (nSPS) is 39.5. The zero-order valence-corrected chi connectivity index (χ0v) is 15.1. The summed E-state index contributed by atoms with van der Waals surface area (Å²) < 4.78 is 13.9. The fourth-order valence-electron chi connectivity index (χ4n) is 6.55. The van der Waals surface area contributed by atoms with Gasteiger partial charge in [-0.05, 0) is 55.1 Å². The predicted octanol–water partition coefficient (Wildman–Crippen LogP) is 5.67. The second kappa shape index (κ2) is 5.68. The zero-order valence-electron chi connectivity index (χ0n) is 15.1. The quantitative estimate of drug-likeness (QED) is 0.698. The zero-order chi connectivity index (χ0) is 17.1. The second-order valence-electron chi connectivity index (χ2n) is 8.92. The highest BCUT2D eigenvalue weighted by Crippen LogP contribution is 2.65. The molecule has 0 unspecified atom stereocenters. The van der Waals surface area contributed by atoms with Crippen molar-refractivity contribution < 1.29 is 9.47 Å². The Hall–Kier alpha value is -1.64. The average Bonchev–Trinajstić information content (AvgIpc) is 3.09. The van der Waals surface area contributed by atoms with E-state index in [1.165, 1.54) is 43.2 Å². The smallest absolute Gasteiger partial charge is 0.175 e. The molecule has 134 valence electrons. The van der Waals surface area contributed by atoms with Crippen LogP contribution in [0.2, 0.25) is 0 Å². The number of rotatable bonds is 2. The van der Waals surface area contributed by atoms with Gasteiger partial charge in [-0.15, -0.1) is 0 Å². The van der Waals surface area contributed by atoms with Crippen molar-refractivity contribution in [2.75, 3.05) is 0 Å². The first-order valence-corrected chi connectivity index (χ1v) is 10.3. The van der Waals surface area contributed by atoms with Crippen molar-refractivity contribution in [2.24, 2.45) is 23.7 Å². The highest BCUT2D eigenvalue weighted by Gasteiger charge is 2.64. The Morgan fingerprint density at radius 1 is 0.577 bits per heavy atom. The molecule has 7 rings (SSSR count). The molecule has 1 heterocycles. The minimum Gasteiger partial charge on any atom is -0.338 e. The summed E-state index contributed by atoms with van der Waals surface area (Å²) in [5.74, 6) is 2.65. The highest BCUT2D eigenvalue weighted by molar-refractivity contribution is 5.27. The van der Waals surface area contributed by atoms with Gasteiger partial charge in [0.1, 0.15) is 12.2 Å². The summed E-state index contributed by atoms with van der Waals surface area (Å²) in [5.41, 5.74) is 2.49. The lowest BCUT2D eigenvalue weighted by molar-refractivity contribution is -0.299. The van der Waals surface area contributed by atoms with E-state index in [-0.39, 0.29) is 18.0 Å². The van der Waals surface area contributed by atoms with Crippen molar-refractivity contribution in [3.63, 3.8) is 0 Å². The van der Waals surface area contributed by atoms with E-state index in [1.807, 2.05) is 0 Å². The lowest BCUT2D eigenvalue weighted by Crippen LogP contribution is -2.58. The first kappa shape index (κ1) is 15.4. The van der Waals surface area contributed by atoms with Gasteiger partial charge in [0.25, 0.3) is 0 Å². The van der Waals surface area contributed by atoms with E-state index in [0.717, 1.165) is 11.8 Å². The van der Waals surface area contributed by atoms with Gasteiger partial charge in [-0.25, -0.2) is 0 Å². The molecule has 2 aromatic rings. The van der Waals surface area contributed by atoms with Crippen LogP contribution in [-0.4, -0.2) is 5.79 Å². The highest BCUT2D eigenvalue weighted by atomic mass is 16.8. The van der Waals surface area contributed by atoms with Gasteiger partial charge in [-0.2, -0.15) is 0 Å². The van der Waals surface area contributed by atoms with Crippen LogP contribution in [0.5, 0.6) is 0 Å². The molecule has 26 heavy (non-hydrogen) atoms. The molecule has 5 fully saturated rings. The summed E-state index contributed by atoms with van der Waals surface area (Å²) in [6, 6.07) is 21.4. The van der Waals surface area contributed by atoms with E-state index in [2.05, 4.69) is 60.7 Å². The molecular weight excluding hydrogens is 320 g/mol. The summed E-state index contributed by atoms with van der Waals surface area (Å²) >= 11 is 0. The Kier molecular flexibility index (Phi) is 3.37. The van der Waals surface area contributed by atoms with Crippen molar-refractivity contribution in [2.45, 2.75) is 50.1 Å². The fraction of sp³-hybridized carbons (Fsp3) is 0.500. The fourth-order valence-corrected chi connectivity index (χ4v) is 6.55. The summed E-state index contributed by atoms with van der Waals surface area (Å²) in [6.07, 6.45) is 6.65. The van der Waals surface area contributed by atoms with Crippen LogP contribution in [0, 0.1) is 23.7 Å². The van der Waals surface area contributed by atoms with Gasteiger partial charge in [0.15, 0.2) is 5.79 Å². The monoisotopic (exact) mass is 346 g/mol. The van der Waals surface area contributed by atoms with Crippen LogP contribution in [0.25, 0.3) is 0 Å². The van der Waals surface area contributed by atoms with Crippen LogP contribution in [0.3, 0.4) is 0 Å². The van der Waals surface area contributed by atoms with Crippen molar-refractivity contribution >= 4 is 0 Å². The SMILES string of the molecule is c1ccc([C@H]2OC3(O[C@@H]2c2ccccc2)C2CC4CC(C2)CC3C4)cc1. The Balaban J connectivity index is 1.42. The Morgan fingerprint density at radius 3 is 1.42 bits per heavy atom. The van der Waals surface area contributed by atoms with E-state index in [9.17, 15) is 0 Å². The third kappa shape index (κ3) is 2.18. The molecule has 0 aromatic heterocycles. The Bertz CT molecular complexity index is 707. The maximum absolute atomic E-state index is 6.96. The molecule has 0 amide bonds. The third-order valence-corrected chi connectivity index (χ3v) is 7.43.